The average Bonchev–Trinajstić information content (AvgIpc) is 2.28. The largest absolute Gasteiger partial charge is 0.383 e. The van der Waals surface area contributed by atoms with Gasteiger partial charge in [-0.05, 0) is 32.5 Å². The quantitative estimate of drug-likeness (QED) is 0.743. The standard InChI is InChI=1S/C12H21N3S/c1-15(2)8-7-14-11-5-4-6-12(16-3)10(11)9-13/h4-6,14H,7-9,13H2,1-3H3. The monoisotopic (exact) mass is 239 g/mol. The maximum Gasteiger partial charge on any atom is 0.0397 e. The van der Waals surface area contributed by atoms with Crippen LogP contribution < -0.4 is 11.1 Å². The van der Waals surface area contributed by atoms with Gasteiger partial charge in [0.1, 0.15) is 0 Å². The van der Waals surface area contributed by atoms with E-state index in [1.54, 1.807) is 11.8 Å². The van der Waals surface area contributed by atoms with Gasteiger partial charge in [0.15, 0.2) is 0 Å². The predicted octanol–water partition coefficient (Wildman–Crippen LogP) is 1.84. The zero-order valence-electron chi connectivity index (χ0n) is 10.3. The molecule has 0 fully saturated rings. The first kappa shape index (κ1) is 13.4. The molecular weight excluding hydrogens is 218 g/mol. The second-order valence-corrected chi connectivity index (χ2v) is 4.77. The number of benzene rings is 1. The fourth-order valence-electron chi connectivity index (χ4n) is 1.55. The summed E-state index contributed by atoms with van der Waals surface area (Å²) >= 11 is 1.74. The summed E-state index contributed by atoms with van der Waals surface area (Å²) in [5.41, 5.74) is 8.17. The van der Waals surface area contributed by atoms with Gasteiger partial charge >= 0.3 is 0 Å². The Morgan fingerprint density at radius 3 is 2.69 bits per heavy atom. The summed E-state index contributed by atoms with van der Waals surface area (Å²) in [7, 11) is 4.15. The first-order valence-electron chi connectivity index (χ1n) is 5.43. The Balaban J connectivity index is 2.71. The van der Waals surface area contributed by atoms with E-state index in [0.29, 0.717) is 6.54 Å². The minimum atomic E-state index is 0.585. The molecule has 1 rings (SSSR count). The van der Waals surface area contributed by atoms with Gasteiger partial charge in [-0.2, -0.15) is 0 Å². The summed E-state index contributed by atoms with van der Waals surface area (Å²) in [6, 6.07) is 6.28. The fraction of sp³-hybridized carbons (Fsp3) is 0.500. The molecule has 0 saturated heterocycles. The van der Waals surface area contributed by atoms with Crippen LogP contribution in [0.1, 0.15) is 5.56 Å². The Kier molecular flexibility index (Phi) is 5.66. The van der Waals surface area contributed by atoms with Crippen LogP contribution in [0.25, 0.3) is 0 Å². The molecule has 0 atom stereocenters. The first-order valence-corrected chi connectivity index (χ1v) is 6.66. The van der Waals surface area contributed by atoms with E-state index in [1.807, 2.05) is 0 Å². The molecule has 0 spiro atoms. The molecule has 0 aliphatic carbocycles. The van der Waals surface area contributed by atoms with Crippen LogP contribution in [-0.4, -0.2) is 38.3 Å². The third-order valence-corrected chi connectivity index (χ3v) is 3.25. The van der Waals surface area contributed by atoms with Crippen molar-refractivity contribution < 1.29 is 0 Å². The lowest BCUT2D eigenvalue weighted by Gasteiger charge is -2.15. The minimum absolute atomic E-state index is 0.585. The number of hydrogen-bond donors (Lipinski definition) is 2. The van der Waals surface area contributed by atoms with Gasteiger partial charge in [-0.3, -0.25) is 0 Å². The lowest BCUT2D eigenvalue weighted by Crippen LogP contribution is -2.21. The molecule has 1 aromatic rings. The number of rotatable bonds is 6. The lowest BCUT2D eigenvalue weighted by atomic mass is 10.1. The number of thioether (sulfide) groups is 1. The van der Waals surface area contributed by atoms with Crippen molar-refractivity contribution in [1.82, 2.24) is 4.90 Å². The van der Waals surface area contributed by atoms with E-state index in [1.165, 1.54) is 10.5 Å². The molecule has 0 saturated carbocycles. The summed E-state index contributed by atoms with van der Waals surface area (Å²) in [6.45, 7) is 2.55. The predicted molar refractivity (Wildman–Crippen MR) is 73.2 cm³/mol. The Labute approximate surface area is 102 Å². The third-order valence-electron chi connectivity index (χ3n) is 2.43. The van der Waals surface area contributed by atoms with Crippen molar-refractivity contribution in [3.05, 3.63) is 23.8 Å². The number of nitrogens with two attached hydrogens (primary N) is 1. The first-order chi connectivity index (χ1) is 7.69. The van der Waals surface area contributed by atoms with Crippen LogP contribution in [0.2, 0.25) is 0 Å². The van der Waals surface area contributed by atoms with Crippen LogP contribution in [0.5, 0.6) is 0 Å². The molecule has 0 aliphatic rings. The van der Waals surface area contributed by atoms with E-state index in [-0.39, 0.29) is 0 Å². The van der Waals surface area contributed by atoms with Gasteiger partial charge in [-0.15, -0.1) is 11.8 Å². The fourth-order valence-corrected chi connectivity index (χ4v) is 2.20. The van der Waals surface area contributed by atoms with Crippen molar-refractivity contribution >= 4 is 17.4 Å². The van der Waals surface area contributed by atoms with Gasteiger partial charge < -0.3 is 16.0 Å². The molecule has 16 heavy (non-hydrogen) atoms. The molecule has 0 unspecified atom stereocenters. The van der Waals surface area contributed by atoms with Crippen molar-refractivity contribution in [3.8, 4) is 0 Å². The van der Waals surface area contributed by atoms with Crippen LogP contribution in [-0.2, 0) is 6.54 Å². The van der Waals surface area contributed by atoms with E-state index in [0.717, 1.165) is 18.8 Å². The van der Waals surface area contributed by atoms with Gasteiger partial charge in [0.25, 0.3) is 0 Å². The molecule has 0 aromatic heterocycles. The Morgan fingerprint density at radius 1 is 1.38 bits per heavy atom. The van der Waals surface area contributed by atoms with Crippen LogP contribution >= 0.6 is 11.8 Å². The summed E-state index contributed by atoms with van der Waals surface area (Å²) in [5.74, 6) is 0. The molecule has 90 valence electrons. The number of likely N-dealkylation sites (N-methyl/N-ethyl adjacent to an activating group) is 1. The van der Waals surface area contributed by atoms with E-state index in [4.69, 9.17) is 5.73 Å². The number of hydrogen-bond acceptors (Lipinski definition) is 4. The zero-order valence-corrected chi connectivity index (χ0v) is 11.1. The number of nitrogens with zero attached hydrogens (tertiary/aromatic N) is 1. The molecule has 4 heteroatoms. The van der Waals surface area contributed by atoms with Crippen molar-refractivity contribution in [2.45, 2.75) is 11.4 Å². The second-order valence-electron chi connectivity index (χ2n) is 3.92. The van der Waals surface area contributed by atoms with Gasteiger partial charge in [0.2, 0.25) is 0 Å². The van der Waals surface area contributed by atoms with Crippen molar-refractivity contribution in [1.29, 1.82) is 0 Å². The molecular formula is C12H21N3S. The van der Waals surface area contributed by atoms with Crippen LogP contribution in [0.3, 0.4) is 0 Å². The van der Waals surface area contributed by atoms with Gasteiger partial charge in [0, 0.05) is 35.8 Å². The zero-order chi connectivity index (χ0) is 12.0. The normalized spacial score (nSPS) is 10.8. The maximum absolute atomic E-state index is 5.79. The highest BCUT2D eigenvalue weighted by Crippen LogP contribution is 2.26. The Hall–Kier alpha value is -0.710. The second kappa shape index (κ2) is 6.78. The van der Waals surface area contributed by atoms with Crippen LogP contribution in [0, 0.1) is 0 Å². The van der Waals surface area contributed by atoms with Gasteiger partial charge in [0.05, 0.1) is 0 Å². The molecule has 3 N–H and O–H groups in total. The Morgan fingerprint density at radius 2 is 2.12 bits per heavy atom. The molecule has 0 bridgehead atoms. The van der Waals surface area contributed by atoms with Gasteiger partial charge in [-0.25, -0.2) is 0 Å². The smallest absolute Gasteiger partial charge is 0.0397 e. The summed E-state index contributed by atoms with van der Waals surface area (Å²) in [4.78, 5) is 3.42. The third kappa shape index (κ3) is 3.70. The number of anilines is 1. The molecule has 3 nitrogen and oxygen atoms in total. The highest BCUT2D eigenvalue weighted by atomic mass is 32.2. The van der Waals surface area contributed by atoms with Crippen molar-refractivity contribution in [2.24, 2.45) is 5.73 Å². The topological polar surface area (TPSA) is 41.3 Å². The van der Waals surface area contributed by atoms with E-state index < -0.39 is 0 Å². The van der Waals surface area contributed by atoms with Crippen molar-refractivity contribution in [3.63, 3.8) is 0 Å². The summed E-state index contributed by atoms with van der Waals surface area (Å²) in [6.07, 6.45) is 2.08. The SMILES string of the molecule is CSc1cccc(NCCN(C)C)c1CN. The van der Waals surface area contributed by atoms with Crippen LogP contribution in [0.4, 0.5) is 5.69 Å². The van der Waals surface area contributed by atoms with Crippen LogP contribution in [0.15, 0.2) is 23.1 Å². The lowest BCUT2D eigenvalue weighted by molar-refractivity contribution is 0.425. The maximum atomic E-state index is 5.79. The molecule has 1 aromatic carbocycles. The van der Waals surface area contributed by atoms with E-state index in [9.17, 15) is 0 Å². The molecule has 0 aliphatic heterocycles. The minimum Gasteiger partial charge on any atom is -0.383 e. The summed E-state index contributed by atoms with van der Waals surface area (Å²) < 4.78 is 0. The molecule has 0 amide bonds. The molecule has 0 radical (unpaired) electrons. The highest BCUT2D eigenvalue weighted by molar-refractivity contribution is 7.98. The summed E-state index contributed by atoms with van der Waals surface area (Å²) in [5, 5.41) is 3.44. The van der Waals surface area contributed by atoms with Crippen molar-refractivity contribution in [2.75, 3.05) is 38.8 Å². The van der Waals surface area contributed by atoms with E-state index >= 15 is 0 Å². The van der Waals surface area contributed by atoms with E-state index in [2.05, 4.69) is 48.8 Å². The van der Waals surface area contributed by atoms with Gasteiger partial charge in [-0.1, -0.05) is 6.07 Å². The highest BCUT2D eigenvalue weighted by Gasteiger charge is 2.05. The average molecular weight is 239 g/mol. The Bertz CT molecular complexity index is 326. The number of nitrogens with one attached hydrogen (secondary N) is 1. The molecule has 0 heterocycles.